The lowest BCUT2D eigenvalue weighted by Gasteiger charge is -2.30. The number of hydrogen-bond donors (Lipinski definition) is 1. The van der Waals surface area contributed by atoms with Gasteiger partial charge in [-0.15, -0.1) is 0 Å². The van der Waals surface area contributed by atoms with E-state index in [1.54, 1.807) is 7.11 Å². The summed E-state index contributed by atoms with van der Waals surface area (Å²) in [6, 6.07) is 8.39. The lowest BCUT2D eigenvalue weighted by molar-refractivity contribution is 0.413. The van der Waals surface area contributed by atoms with Crippen molar-refractivity contribution in [2.75, 3.05) is 51.1 Å². The fourth-order valence-electron chi connectivity index (χ4n) is 3.04. The second-order valence-electron chi connectivity index (χ2n) is 6.73. The number of anilines is 2. The lowest BCUT2D eigenvalue weighted by atomic mass is 9.99. The summed E-state index contributed by atoms with van der Waals surface area (Å²) in [7, 11) is 5.83. The largest absolute Gasteiger partial charge is 0.497 e. The molecule has 1 aromatic carbocycles. The molecule has 6 nitrogen and oxygen atoms in total. The number of ether oxygens (including phenoxy) is 1. The highest BCUT2D eigenvalue weighted by molar-refractivity contribution is 5.49. The van der Waals surface area contributed by atoms with Crippen molar-refractivity contribution in [2.24, 2.45) is 0 Å². The second-order valence-corrected chi connectivity index (χ2v) is 6.73. The van der Waals surface area contributed by atoms with Gasteiger partial charge in [0.25, 0.3) is 0 Å². The number of hydrogen-bond acceptors (Lipinski definition) is 6. The normalized spacial score (nSPS) is 13.7. The second kappa shape index (κ2) is 7.70. The van der Waals surface area contributed by atoms with Crippen molar-refractivity contribution in [1.82, 2.24) is 14.9 Å². The Bertz CT molecular complexity index is 732. The number of nitrogens with zero attached hydrogens (tertiary/aromatic N) is 4. The fourth-order valence-corrected chi connectivity index (χ4v) is 3.04. The third kappa shape index (κ3) is 4.39. The Labute approximate surface area is 149 Å². The highest BCUT2D eigenvalue weighted by atomic mass is 16.5. The Morgan fingerprint density at radius 1 is 1.20 bits per heavy atom. The highest BCUT2D eigenvalue weighted by Crippen LogP contribution is 2.27. The molecule has 25 heavy (non-hydrogen) atoms. The van der Waals surface area contributed by atoms with Gasteiger partial charge in [0.1, 0.15) is 11.6 Å². The molecule has 2 aromatic rings. The Balaban J connectivity index is 1.74. The lowest BCUT2D eigenvalue weighted by Crippen LogP contribution is -2.31. The molecule has 0 spiro atoms. The van der Waals surface area contributed by atoms with Crippen LogP contribution < -0.4 is 15.0 Å². The topological polar surface area (TPSA) is 53.5 Å². The minimum absolute atomic E-state index is 0.706. The first-order valence-corrected chi connectivity index (χ1v) is 8.70. The molecule has 0 amide bonds. The Kier molecular flexibility index (Phi) is 5.38. The molecule has 0 radical (unpaired) electrons. The van der Waals surface area contributed by atoms with E-state index in [2.05, 4.69) is 52.4 Å². The van der Waals surface area contributed by atoms with Crippen LogP contribution in [-0.2, 0) is 13.0 Å². The first kappa shape index (κ1) is 17.5. The van der Waals surface area contributed by atoms with Crippen LogP contribution in [-0.4, -0.2) is 55.7 Å². The third-order valence-electron chi connectivity index (χ3n) is 4.43. The summed E-state index contributed by atoms with van der Waals surface area (Å²) in [5.41, 5.74) is 3.69. The van der Waals surface area contributed by atoms with Crippen LogP contribution in [0.2, 0.25) is 0 Å². The van der Waals surface area contributed by atoms with Crippen molar-refractivity contribution in [3.05, 3.63) is 41.1 Å². The molecule has 3 rings (SSSR count). The first-order valence-electron chi connectivity index (χ1n) is 8.70. The molecular weight excluding hydrogens is 314 g/mol. The number of rotatable bonds is 6. The monoisotopic (exact) mass is 341 g/mol. The van der Waals surface area contributed by atoms with E-state index < -0.39 is 0 Å². The van der Waals surface area contributed by atoms with Crippen molar-refractivity contribution in [1.29, 1.82) is 0 Å². The standard InChI is InChI=1S/C19H27N5O/c1-14-11-18(22-19(21-14)20-8-10-23(2)3)24-9-7-15-12-17(25-4)6-5-16(15)13-24/h5-6,11-12H,7-10,13H2,1-4H3,(H,20,21,22). The number of fused-ring (bicyclic) bond motifs is 1. The number of benzene rings is 1. The van der Waals surface area contributed by atoms with E-state index in [1.165, 1.54) is 11.1 Å². The van der Waals surface area contributed by atoms with Gasteiger partial charge in [-0.25, -0.2) is 4.98 Å². The molecule has 1 N–H and O–H groups in total. The van der Waals surface area contributed by atoms with Gasteiger partial charge in [0.05, 0.1) is 7.11 Å². The van der Waals surface area contributed by atoms with Gasteiger partial charge in [-0.3, -0.25) is 0 Å². The van der Waals surface area contributed by atoms with Crippen LogP contribution in [0.1, 0.15) is 16.8 Å². The van der Waals surface area contributed by atoms with Gasteiger partial charge >= 0.3 is 0 Å². The molecule has 0 bridgehead atoms. The summed E-state index contributed by atoms with van der Waals surface area (Å²) in [5.74, 6) is 2.62. The van der Waals surface area contributed by atoms with Crippen molar-refractivity contribution in [2.45, 2.75) is 19.9 Å². The van der Waals surface area contributed by atoms with E-state index in [1.807, 2.05) is 13.0 Å². The Morgan fingerprint density at radius 2 is 2.04 bits per heavy atom. The highest BCUT2D eigenvalue weighted by Gasteiger charge is 2.19. The first-order chi connectivity index (χ1) is 12.0. The fraction of sp³-hybridized carbons (Fsp3) is 0.474. The molecule has 0 unspecified atom stereocenters. The molecule has 0 atom stereocenters. The Hall–Kier alpha value is -2.34. The van der Waals surface area contributed by atoms with E-state index in [0.717, 1.165) is 49.9 Å². The molecule has 1 aromatic heterocycles. The summed E-state index contributed by atoms with van der Waals surface area (Å²) in [6.45, 7) is 5.62. The predicted molar refractivity (Wildman–Crippen MR) is 102 cm³/mol. The molecular formula is C19H27N5O. The SMILES string of the molecule is COc1ccc2c(c1)CCN(c1cc(C)nc(NCCN(C)C)n1)C2. The maximum absolute atomic E-state index is 5.33. The van der Waals surface area contributed by atoms with Gasteiger partial charge in [-0.05, 0) is 50.7 Å². The summed E-state index contributed by atoms with van der Waals surface area (Å²) in [5, 5.41) is 3.32. The van der Waals surface area contributed by atoms with Crippen LogP contribution in [0.5, 0.6) is 5.75 Å². The summed E-state index contributed by atoms with van der Waals surface area (Å²) < 4.78 is 5.33. The number of aromatic nitrogens is 2. The van der Waals surface area contributed by atoms with Gasteiger partial charge in [-0.1, -0.05) is 6.07 Å². The van der Waals surface area contributed by atoms with Crippen molar-refractivity contribution in [3.8, 4) is 5.75 Å². The predicted octanol–water partition coefficient (Wildman–Crippen LogP) is 2.33. The van der Waals surface area contributed by atoms with E-state index in [4.69, 9.17) is 9.72 Å². The molecule has 134 valence electrons. The Morgan fingerprint density at radius 3 is 2.80 bits per heavy atom. The molecule has 0 saturated heterocycles. The summed E-state index contributed by atoms with van der Waals surface area (Å²) >= 11 is 0. The van der Waals surface area contributed by atoms with E-state index in [0.29, 0.717) is 5.95 Å². The van der Waals surface area contributed by atoms with Crippen LogP contribution in [0.15, 0.2) is 24.3 Å². The average molecular weight is 341 g/mol. The average Bonchev–Trinajstić information content (AvgIpc) is 2.60. The molecule has 0 aliphatic carbocycles. The van der Waals surface area contributed by atoms with E-state index in [-0.39, 0.29) is 0 Å². The molecule has 1 aliphatic heterocycles. The summed E-state index contributed by atoms with van der Waals surface area (Å²) in [6.07, 6.45) is 0.999. The molecule has 2 heterocycles. The molecule has 1 aliphatic rings. The van der Waals surface area contributed by atoms with Gasteiger partial charge in [-0.2, -0.15) is 4.98 Å². The minimum atomic E-state index is 0.706. The van der Waals surface area contributed by atoms with Crippen molar-refractivity contribution in [3.63, 3.8) is 0 Å². The number of nitrogens with one attached hydrogen (secondary N) is 1. The zero-order valence-corrected chi connectivity index (χ0v) is 15.5. The van der Waals surface area contributed by atoms with Crippen LogP contribution >= 0.6 is 0 Å². The van der Waals surface area contributed by atoms with E-state index >= 15 is 0 Å². The minimum Gasteiger partial charge on any atom is -0.497 e. The molecule has 6 heteroatoms. The van der Waals surface area contributed by atoms with Gasteiger partial charge in [0.2, 0.25) is 5.95 Å². The van der Waals surface area contributed by atoms with Crippen LogP contribution in [0.25, 0.3) is 0 Å². The zero-order chi connectivity index (χ0) is 17.8. The van der Waals surface area contributed by atoms with Crippen LogP contribution in [0.3, 0.4) is 0 Å². The van der Waals surface area contributed by atoms with Crippen LogP contribution in [0, 0.1) is 6.92 Å². The van der Waals surface area contributed by atoms with Gasteiger partial charge in [0.15, 0.2) is 0 Å². The van der Waals surface area contributed by atoms with Crippen molar-refractivity contribution >= 4 is 11.8 Å². The number of aryl methyl sites for hydroxylation is 1. The quantitative estimate of drug-likeness (QED) is 0.870. The summed E-state index contributed by atoms with van der Waals surface area (Å²) in [4.78, 5) is 13.7. The van der Waals surface area contributed by atoms with Gasteiger partial charge in [0, 0.05) is 37.9 Å². The van der Waals surface area contributed by atoms with Crippen molar-refractivity contribution < 1.29 is 4.74 Å². The van der Waals surface area contributed by atoms with E-state index in [9.17, 15) is 0 Å². The maximum Gasteiger partial charge on any atom is 0.224 e. The van der Waals surface area contributed by atoms with Crippen LogP contribution in [0.4, 0.5) is 11.8 Å². The van der Waals surface area contributed by atoms with Gasteiger partial charge < -0.3 is 19.9 Å². The smallest absolute Gasteiger partial charge is 0.224 e. The number of likely N-dealkylation sites (N-methyl/N-ethyl adjacent to an activating group) is 1. The zero-order valence-electron chi connectivity index (χ0n) is 15.5. The maximum atomic E-state index is 5.33. The number of methoxy groups -OCH3 is 1. The third-order valence-corrected chi connectivity index (χ3v) is 4.43. The molecule has 0 fully saturated rings. The molecule has 0 saturated carbocycles.